The second-order valence-electron chi connectivity index (χ2n) is 6.52. The molecule has 0 atom stereocenters. The lowest BCUT2D eigenvalue weighted by atomic mass is 10.1. The molecule has 6 rings (SSSR count). The predicted molar refractivity (Wildman–Crippen MR) is 116 cm³/mol. The summed E-state index contributed by atoms with van der Waals surface area (Å²) < 4.78 is 14.4. The zero-order valence-electron chi connectivity index (χ0n) is 16.1. The van der Waals surface area contributed by atoms with Crippen molar-refractivity contribution in [1.82, 2.24) is 4.57 Å². The van der Waals surface area contributed by atoms with E-state index in [0.717, 1.165) is 38.7 Å². The van der Waals surface area contributed by atoms with Crippen LogP contribution < -0.4 is 0 Å². The Morgan fingerprint density at radius 3 is 1.72 bits per heavy atom. The quantitative estimate of drug-likeness (QED) is 0.305. The van der Waals surface area contributed by atoms with E-state index < -0.39 is 0 Å². The highest BCUT2D eigenvalue weighted by molar-refractivity contribution is 6.20. The minimum atomic E-state index is 0.604. The van der Waals surface area contributed by atoms with Crippen LogP contribution in [-0.2, 0) is 0 Å². The van der Waals surface area contributed by atoms with Gasteiger partial charge in [0.25, 0.3) is 0 Å². The van der Waals surface area contributed by atoms with Crippen LogP contribution in [0, 0.1) is 11.3 Å². The van der Waals surface area contributed by atoms with Crippen molar-refractivity contribution < 1.29 is 8.83 Å². The molecule has 0 bridgehead atoms. The number of para-hydroxylation sites is 3. The Hall–Kier alpha value is -3.97. The highest BCUT2D eigenvalue weighted by Crippen LogP contribution is 2.43. The number of benzene rings is 3. The number of nitrogens with zero attached hydrogens (tertiary/aromatic N) is 2. The molecular weight excluding hydrogens is 360 g/mol. The van der Waals surface area contributed by atoms with Crippen LogP contribution in [0.3, 0.4) is 0 Å². The highest BCUT2D eigenvalue weighted by atomic mass is 16.4. The molecule has 0 aliphatic rings. The Bertz CT molecular complexity index is 1450. The first-order chi connectivity index (χ1) is 14.4. The van der Waals surface area contributed by atoms with Gasteiger partial charge in [0.1, 0.15) is 28.3 Å². The predicted octanol–water partition coefficient (Wildman–Crippen LogP) is 7.17. The fourth-order valence-electron chi connectivity index (χ4n) is 3.93. The van der Waals surface area contributed by atoms with Crippen molar-refractivity contribution in [1.29, 1.82) is 5.26 Å². The summed E-state index contributed by atoms with van der Waals surface area (Å²) in [6.45, 7) is 4.00. The zero-order chi connectivity index (χ0) is 20.0. The highest BCUT2D eigenvalue weighted by Gasteiger charge is 2.25. The summed E-state index contributed by atoms with van der Waals surface area (Å²) in [5.41, 5.74) is 6.27. The molecule has 140 valence electrons. The van der Waals surface area contributed by atoms with Crippen molar-refractivity contribution in [3.63, 3.8) is 0 Å². The van der Waals surface area contributed by atoms with Crippen LogP contribution in [0.4, 0.5) is 0 Å². The fraction of sp³-hybridized carbons (Fsp3) is 0.0800. The van der Waals surface area contributed by atoms with Crippen LogP contribution in [0.25, 0.3) is 49.8 Å². The molecule has 0 saturated carbocycles. The number of fused-ring (bicyclic) bond motifs is 7. The lowest BCUT2D eigenvalue weighted by Crippen LogP contribution is -1.96. The van der Waals surface area contributed by atoms with Crippen molar-refractivity contribution in [3.8, 4) is 11.8 Å². The minimum Gasteiger partial charge on any atom is -0.450 e. The van der Waals surface area contributed by atoms with Gasteiger partial charge in [-0.3, -0.25) is 0 Å². The van der Waals surface area contributed by atoms with E-state index in [1.165, 1.54) is 0 Å². The van der Waals surface area contributed by atoms with Crippen molar-refractivity contribution in [3.05, 3.63) is 78.4 Å². The van der Waals surface area contributed by atoms with Gasteiger partial charge in [0.05, 0.1) is 11.3 Å². The summed E-state index contributed by atoms with van der Waals surface area (Å²) in [5, 5.41) is 11.7. The summed E-state index contributed by atoms with van der Waals surface area (Å²) in [4.78, 5) is 0. The summed E-state index contributed by atoms with van der Waals surface area (Å²) in [6, 6.07) is 25.8. The first kappa shape index (κ1) is 17.2. The van der Waals surface area contributed by atoms with Crippen molar-refractivity contribution in [2.45, 2.75) is 13.8 Å². The third-order valence-electron chi connectivity index (χ3n) is 5.06. The molecule has 0 spiro atoms. The second-order valence-corrected chi connectivity index (χ2v) is 6.52. The van der Waals surface area contributed by atoms with Gasteiger partial charge in [-0.1, -0.05) is 50.2 Å². The Morgan fingerprint density at radius 2 is 1.17 bits per heavy atom. The number of furan rings is 2. The molecule has 3 heterocycles. The van der Waals surface area contributed by atoms with E-state index in [1.807, 2.05) is 86.6 Å². The van der Waals surface area contributed by atoms with Gasteiger partial charge in [-0.25, -0.2) is 0 Å². The molecule has 0 aliphatic heterocycles. The van der Waals surface area contributed by atoms with Crippen LogP contribution in [0.15, 0.2) is 81.6 Å². The van der Waals surface area contributed by atoms with E-state index in [4.69, 9.17) is 8.83 Å². The Morgan fingerprint density at radius 1 is 0.690 bits per heavy atom. The van der Waals surface area contributed by atoms with E-state index in [2.05, 4.69) is 10.6 Å². The largest absolute Gasteiger partial charge is 0.450 e. The van der Waals surface area contributed by atoms with Gasteiger partial charge in [0, 0.05) is 10.8 Å². The summed E-state index contributed by atoms with van der Waals surface area (Å²) in [6.07, 6.45) is 0. The lowest BCUT2D eigenvalue weighted by Gasteiger charge is -2.08. The smallest absolute Gasteiger partial charge is 0.196 e. The van der Waals surface area contributed by atoms with Gasteiger partial charge >= 0.3 is 0 Å². The van der Waals surface area contributed by atoms with Crippen LogP contribution in [0.5, 0.6) is 0 Å². The summed E-state index contributed by atoms with van der Waals surface area (Å²) >= 11 is 0. The van der Waals surface area contributed by atoms with Crippen molar-refractivity contribution >= 4 is 44.1 Å². The van der Waals surface area contributed by atoms with Crippen LogP contribution in [0.2, 0.25) is 0 Å². The SMILES string of the molecule is CC.N#Cc1ccccc1-n1c2c3ccccc3oc2c2oc3ccccc3c21. The molecule has 29 heavy (non-hydrogen) atoms. The first-order valence-electron chi connectivity index (χ1n) is 9.69. The standard InChI is InChI=1S/C23H12N2O2.C2H6/c24-13-14-7-1-4-10-17(14)25-20-15-8-2-5-11-18(15)26-22(20)23-21(25)16-9-3-6-12-19(16)27-23;1-2/h1-12H;1-2H3. The van der Waals surface area contributed by atoms with E-state index in [1.54, 1.807) is 0 Å². The van der Waals surface area contributed by atoms with Gasteiger partial charge in [0.15, 0.2) is 11.2 Å². The third kappa shape index (κ3) is 2.31. The summed E-state index contributed by atoms with van der Waals surface area (Å²) in [5.74, 6) is 0. The average Bonchev–Trinajstić information content (AvgIpc) is 3.43. The molecule has 0 aliphatic carbocycles. The second kappa shape index (κ2) is 6.57. The number of rotatable bonds is 1. The molecule has 0 amide bonds. The molecule has 6 aromatic rings. The van der Waals surface area contributed by atoms with E-state index in [0.29, 0.717) is 16.7 Å². The molecule has 0 radical (unpaired) electrons. The number of aromatic nitrogens is 1. The molecule has 0 unspecified atom stereocenters. The molecule has 0 N–H and O–H groups in total. The first-order valence-corrected chi connectivity index (χ1v) is 9.69. The molecule has 0 saturated heterocycles. The van der Waals surface area contributed by atoms with Crippen LogP contribution in [0.1, 0.15) is 19.4 Å². The summed E-state index contributed by atoms with van der Waals surface area (Å²) in [7, 11) is 0. The van der Waals surface area contributed by atoms with Crippen molar-refractivity contribution in [2.75, 3.05) is 0 Å². The molecule has 4 nitrogen and oxygen atoms in total. The normalized spacial score (nSPS) is 11.1. The van der Waals surface area contributed by atoms with E-state index >= 15 is 0 Å². The van der Waals surface area contributed by atoms with E-state index in [-0.39, 0.29) is 0 Å². The topological polar surface area (TPSA) is 55.0 Å². The Balaban J connectivity index is 0.000000882. The van der Waals surface area contributed by atoms with Gasteiger partial charge in [-0.15, -0.1) is 0 Å². The molecule has 3 aromatic carbocycles. The monoisotopic (exact) mass is 378 g/mol. The molecule has 4 heteroatoms. The maximum absolute atomic E-state index is 9.68. The van der Waals surface area contributed by atoms with Crippen molar-refractivity contribution in [2.24, 2.45) is 0 Å². The van der Waals surface area contributed by atoms with E-state index in [9.17, 15) is 5.26 Å². The zero-order valence-corrected chi connectivity index (χ0v) is 16.1. The molecule has 3 aromatic heterocycles. The van der Waals surface area contributed by atoms with Gasteiger partial charge in [-0.2, -0.15) is 5.26 Å². The fourth-order valence-corrected chi connectivity index (χ4v) is 3.93. The molecule has 0 fully saturated rings. The number of hydrogen-bond acceptors (Lipinski definition) is 3. The molecular formula is C25H18N2O2. The van der Waals surface area contributed by atoms with Crippen LogP contribution >= 0.6 is 0 Å². The Kier molecular flexibility index (Phi) is 3.89. The maximum Gasteiger partial charge on any atom is 0.196 e. The van der Waals surface area contributed by atoms with Gasteiger partial charge < -0.3 is 13.4 Å². The lowest BCUT2D eigenvalue weighted by molar-refractivity contribution is 0.634. The number of hydrogen-bond donors (Lipinski definition) is 0. The van der Waals surface area contributed by atoms with Gasteiger partial charge in [0.2, 0.25) is 0 Å². The van der Waals surface area contributed by atoms with Crippen LogP contribution in [-0.4, -0.2) is 4.57 Å². The third-order valence-corrected chi connectivity index (χ3v) is 5.06. The minimum absolute atomic E-state index is 0.604. The maximum atomic E-state index is 9.68. The number of nitriles is 1. The Labute approximate surface area is 167 Å². The van der Waals surface area contributed by atoms with Gasteiger partial charge in [-0.05, 0) is 36.4 Å². The average molecular weight is 378 g/mol.